The number of ether oxygens (including phenoxy) is 1. The Labute approximate surface area is 87.5 Å². The second-order valence-electron chi connectivity index (χ2n) is 3.49. The molecule has 0 aliphatic rings. The smallest absolute Gasteiger partial charge is 0.306 e. The molecule has 1 rings (SSSR count). The Kier molecular flexibility index (Phi) is 3.42. The van der Waals surface area contributed by atoms with Crippen LogP contribution in [0.3, 0.4) is 0 Å². The minimum atomic E-state index is -1.13. The van der Waals surface area contributed by atoms with Crippen molar-refractivity contribution in [2.24, 2.45) is 0 Å². The lowest BCUT2D eigenvalue weighted by molar-refractivity contribution is -0.143. The molecule has 82 valence electrons. The fourth-order valence-corrected chi connectivity index (χ4v) is 1.46. The summed E-state index contributed by atoms with van der Waals surface area (Å²) in [6.07, 6.45) is -0.273. The van der Waals surface area contributed by atoms with Gasteiger partial charge < -0.3 is 9.84 Å². The van der Waals surface area contributed by atoms with Crippen molar-refractivity contribution >= 4 is 5.97 Å². The van der Waals surface area contributed by atoms with Gasteiger partial charge in [0.05, 0.1) is 6.42 Å². The minimum Gasteiger partial charge on any atom is -0.481 e. The SMILES string of the molecule is COC(C)(CC(=O)O)c1ccccc1F. The highest BCUT2D eigenvalue weighted by Gasteiger charge is 2.31. The second-order valence-corrected chi connectivity index (χ2v) is 3.49. The van der Waals surface area contributed by atoms with Gasteiger partial charge >= 0.3 is 5.97 Å². The van der Waals surface area contributed by atoms with Crippen molar-refractivity contribution in [1.29, 1.82) is 0 Å². The van der Waals surface area contributed by atoms with Gasteiger partial charge in [-0.2, -0.15) is 0 Å². The fraction of sp³-hybridized carbons (Fsp3) is 0.364. The number of rotatable bonds is 4. The lowest BCUT2D eigenvalue weighted by Crippen LogP contribution is -2.29. The van der Waals surface area contributed by atoms with Gasteiger partial charge in [0, 0.05) is 12.7 Å². The van der Waals surface area contributed by atoms with Gasteiger partial charge in [0.1, 0.15) is 11.4 Å². The van der Waals surface area contributed by atoms with Crippen molar-refractivity contribution in [3.63, 3.8) is 0 Å². The first-order chi connectivity index (χ1) is 6.99. The van der Waals surface area contributed by atoms with Gasteiger partial charge in [0.15, 0.2) is 0 Å². The summed E-state index contributed by atoms with van der Waals surface area (Å²) in [5, 5.41) is 8.73. The number of benzene rings is 1. The van der Waals surface area contributed by atoms with E-state index in [0.29, 0.717) is 0 Å². The van der Waals surface area contributed by atoms with Gasteiger partial charge in [-0.3, -0.25) is 4.79 Å². The minimum absolute atomic E-state index is 0.259. The lowest BCUT2D eigenvalue weighted by atomic mass is 9.92. The zero-order valence-electron chi connectivity index (χ0n) is 8.66. The molecule has 0 aliphatic carbocycles. The molecule has 4 heteroatoms. The number of carboxylic acid groups (broad SMARTS) is 1. The molecule has 15 heavy (non-hydrogen) atoms. The van der Waals surface area contributed by atoms with Gasteiger partial charge in [-0.25, -0.2) is 4.39 Å². The van der Waals surface area contributed by atoms with Crippen molar-refractivity contribution in [2.45, 2.75) is 18.9 Å². The van der Waals surface area contributed by atoms with E-state index in [9.17, 15) is 9.18 Å². The highest BCUT2D eigenvalue weighted by molar-refractivity contribution is 5.68. The zero-order valence-corrected chi connectivity index (χ0v) is 8.66. The van der Waals surface area contributed by atoms with Crippen LogP contribution in [0.4, 0.5) is 4.39 Å². The standard InChI is InChI=1S/C11H13FO3/c1-11(15-2,7-10(13)14)8-5-3-4-6-9(8)12/h3-6H,7H2,1-2H3,(H,13,14). The first-order valence-electron chi connectivity index (χ1n) is 4.51. The van der Waals surface area contributed by atoms with E-state index in [1.807, 2.05) is 0 Å². The molecule has 0 amide bonds. The Morgan fingerprint density at radius 1 is 1.53 bits per heavy atom. The maximum absolute atomic E-state index is 13.4. The highest BCUT2D eigenvalue weighted by atomic mass is 19.1. The maximum atomic E-state index is 13.4. The molecule has 0 aromatic heterocycles. The molecular weight excluding hydrogens is 199 g/mol. The molecule has 1 aromatic rings. The molecule has 0 saturated carbocycles. The number of aliphatic carboxylic acids is 1. The van der Waals surface area contributed by atoms with Gasteiger partial charge in [-0.15, -0.1) is 0 Å². The van der Waals surface area contributed by atoms with Crippen LogP contribution in [-0.2, 0) is 15.1 Å². The van der Waals surface area contributed by atoms with Crippen molar-refractivity contribution < 1.29 is 19.0 Å². The van der Waals surface area contributed by atoms with Crippen molar-refractivity contribution in [3.8, 4) is 0 Å². The Morgan fingerprint density at radius 3 is 2.60 bits per heavy atom. The van der Waals surface area contributed by atoms with E-state index in [1.54, 1.807) is 19.1 Å². The molecular formula is C11H13FO3. The van der Waals surface area contributed by atoms with Crippen LogP contribution in [0, 0.1) is 5.82 Å². The number of hydrogen-bond donors (Lipinski definition) is 1. The summed E-state index contributed by atoms with van der Waals surface area (Å²) in [7, 11) is 1.37. The van der Waals surface area contributed by atoms with Gasteiger partial charge in [-0.1, -0.05) is 18.2 Å². The number of halogens is 1. The third kappa shape index (κ3) is 2.53. The summed E-state index contributed by atoms with van der Waals surface area (Å²) >= 11 is 0. The molecule has 0 heterocycles. The summed E-state index contributed by atoms with van der Waals surface area (Å²) in [4.78, 5) is 10.7. The summed E-state index contributed by atoms with van der Waals surface area (Å²) in [6.45, 7) is 1.56. The van der Waals surface area contributed by atoms with Gasteiger partial charge in [0.2, 0.25) is 0 Å². The second kappa shape index (κ2) is 4.40. The van der Waals surface area contributed by atoms with E-state index in [-0.39, 0.29) is 12.0 Å². The molecule has 1 atom stereocenters. The molecule has 0 spiro atoms. The molecule has 3 nitrogen and oxygen atoms in total. The number of hydrogen-bond acceptors (Lipinski definition) is 2. The average molecular weight is 212 g/mol. The quantitative estimate of drug-likeness (QED) is 0.831. The first-order valence-corrected chi connectivity index (χ1v) is 4.51. The number of methoxy groups -OCH3 is 1. The topological polar surface area (TPSA) is 46.5 Å². The van der Waals surface area contributed by atoms with E-state index < -0.39 is 17.4 Å². The van der Waals surface area contributed by atoms with Crippen LogP contribution in [0.1, 0.15) is 18.9 Å². The van der Waals surface area contributed by atoms with Crippen LogP contribution in [-0.4, -0.2) is 18.2 Å². The zero-order chi connectivity index (χ0) is 11.5. The van der Waals surface area contributed by atoms with Crippen LogP contribution in [0.15, 0.2) is 24.3 Å². The molecule has 0 bridgehead atoms. The molecule has 0 radical (unpaired) electrons. The summed E-state index contributed by atoms with van der Waals surface area (Å²) in [5.74, 6) is -1.48. The summed E-state index contributed by atoms with van der Waals surface area (Å²) < 4.78 is 18.5. The molecule has 0 saturated heterocycles. The van der Waals surface area contributed by atoms with E-state index in [1.165, 1.54) is 19.2 Å². The Hall–Kier alpha value is -1.42. The molecule has 1 aromatic carbocycles. The largest absolute Gasteiger partial charge is 0.481 e. The fourth-order valence-electron chi connectivity index (χ4n) is 1.46. The van der Waals surface area contributed by atoms with E-state index in [0.717, 1.165) is 0 Å². The van der Waals surface area contributed by atoms with E-state index >= 15 is 0 Å². The lowest BCUT2D eigenvalue weighted by Gasteiger charge is -2.27. The predicted molar refractivity (Wildman–Crippen MR) is 53.0 cm³/mol. The monoisotopic (exact) mass is 212 g/mol. The summed E-state index contributed by atoms with van der Waals surface area (Å²) in [5.41, 5.74) is -0.869. The summed E-state index contributed by atoms with van der Waals surface area (Å²) in [6, 6.07) is 6.02. The predicted octanol–water partition coefficient (Wildman–Crippen LogP) is 2.16. The van der Waals surface area contributed by atoms with E-state index in [2.05, 4.69) is 0 Å². The van der Waals surface area contributed by atoms with Crippen LogP contribution >= 0.6 is 0 Å². The Balaban J connectivity index is 3.11. The third-order valence-electron chi connectivity index (χ3n) is 2.38. The first kappa shape index (κ1) is 11.7. The maximum Gasteiger partial charge on any atom is 0.306 e. The van der Waals surface area contributed by atoms with E-state index in [4.69, 9.17) is 9.84 Å². The normalized spacial score (nSPS) is 14.6. The van der Waals surface area contributed by atoms with Crippen LogP contribution in [0.2, 0.25) is 0 Å². The van der Waals surface area contributed by atoms with Crippen molar-refractivity contribution in [1.82, 2.24) is 0 Å². The average Bonchev–Trinajstić information content (AvgIpc) is 2.17. The number of carboxylic acids is 1. The molecule has 1 N–H and O–H groups in total. The van der Waals surface area contributed by atoms with Crippen LogP contribution in [0.25, 0.3) is 0 Å². The Bertz CT molecular complexity index is 365. The number of carbonyl (C=O) groups is 1. The van der Waals surface area contributed by atoms with Crippen LogP contribution in [0.5, 0.6) is 0 Å². The molecule has 0 aliphatic heterocycles. The highest BCUT2D eigenvalue weighted by Crippen LogP contribution is 2.30. The van der Waals surface area contributed by atoms with Crippen molar-refractivity contribution in [2.75, 3.05) is 7.11 Å². The molecule has 0 fully saturated rings. The van der Waals surface area contributed by atoms with Crippen molar-refractivity contribution in [3.05, 3.63) is 35.6 Å². The van der Waals surface area contributed by atoms with Crippen LogP contribution < -0.4 is 0 Å². The molecule has 1 unspecified atom stereocenters. The Morgan fingerprint density at radius 2 is 2.13 bits per heavy atom. The van der Waals surface area contributed by atoms with Gasteiger partial charge in [0.25, 0.3) is 0 Å². The third-order valence-corrected chi connectivity index (χ3v) is 2.38. The van der Waals surface area contributed by atoms with Gasteiger partial charge in [-0.05, 0) is 13.0 Å².